The van der Waals surface area contributed by atoms with Crippen LogP contribution in [0.25, 0.3) is 0 Å². The summed E-state index contributed by atoms with van der Waals surface area (Å²) in [5, 5.41) is 91.1. The van der Waals surface area contributed by atoms with Gasteiger partial charge in [-0.3, -0.25) is 24.0 Å². The summed E-state index contributed by atoms with van der Waals surface area (Å²) >= 11 is 0. The van der Waals surface area contributed by atoms with E-state index in [1.165, 1.54) is 140 Å². The van der Waals surface area contributed by atoms with Crippen LogP contribution in [0.15, 0.2) is 24.8 Å². The number of Topliss-reactive ketones (excluding diaryl/α,β-unsaturated/α-hetero) is 4. The Kier molecular flexibility index (Phi) is 35.3. The topological polar surface area (TPSA) is 464 Å². The van der Waals surface area contributed by atoms with Gasteiger partial charge in [0.05, 0.1) is 53.8 Å². The van der Waals surface area contributed by atoms with Crippen LogP contribution in [-0.4, -0.2) is 166 Å². The Morgan fingerprint density at radius 3 is 0.887 bits per heavy atom. The molecule has 4 heterocycles. The fourth-order valence-corrected chi connectivity index (χ4v) is 33.6. The number of ketones is 4. The van der Waals surface area contributed by atoms with Crippen LogP contribution in [0.3, 0.4) is 0 Å². The molecule has 10 N–H and O–H groups in total. The van der Waals surface area contributed by atoms with Gasteiger partial charge in [0.1, 0.15) is 32.2 Å². The van der Waals surface area contributed by atoms with Crippen LogP contribution < -0.4 is 24.6 Å². The number of primary amides is 1. The second kappa shape index (κ2) is 42.7. The molecule has 740 valence electrons. The van der Waals surface area contributed by atoms with E-state index in [0.29, 0.717) is 53.3 Å². The maximum Gasteiger partial charge on any atom is 1.00 e. The number of nitrogens with two attached hydrogens (primary N) is 1. The number of carboxylic acid groups (broad SMARTS) is 1. The largest absolute Gasteiger partial charge is 1.00 e. The van der Waals surface area contributed by atoms with Crippen molar-refractivity contribution in [1.82, 2.24) is 60.0 Å². The molecule has 32 atom stereocenters. The summed E-state index contributed by atoms with van der Waals surface area (Å²) in [7, 11) is 0. The Morgan fingerprint density at radius 2 is 0.632 bits per heavy atom. The Hall–Kier alpha value is -6.50. The monoisotopic (exact) mass is 1850 g/mol. The number of hydrogen-bond donors (Lipinski definition) is 6. The van der Waals surface area contributed by atoms with Gasteiger partial charge < -0.3 is 47.0 Å². The van der Waals surface area contributed by atoms with Gasteiger partial charge in [-0.1, -0.05) is 85.7 Å². The molecule has 0 unspecified atom stereocenters. The summed E-state index contributed by atoms with van der Waals surface area (Å²) < 4.78 is 10.8. The fourth-order valence-electron chi connectivity index (χ4n) is 33.6. The third kappa shape index (κ3) is 21.5. The molecule has 0 radical (unpaired) electrons. The first-order valence-corrected chi connectivity index (χ1v) is 49.1. The summed E-state index contributed by atoms with van der Waals surface area (Å²) in [5.74, 6) is 13.2. The second-order valence-electron chi connectivity index (χ2n) is 46.0. The Balaban J connectivity index is 0.000000195. The molecule has 16 aliphatic carbocycles. The van der Waals surface area contributed by atoms with Crippen LogP contribution in [0, 0.1) is 175 Å². The van der Waals surface area contributed by atoms with Crippen molar-refractivity contribution in [3.8, 4) is 6.07 Å². The number of rotatable bonds is 16. The first kappa shape index (κ1) is 110. The van der Waals surface area contributed by atoms with E-state index < -0.39 is 40.2 Å². The van der Waals surface area contributed by atoms with Gasteiger partial charge in [-0.2, -0.15) is 5.26 Å². The molecule has 0 aromatic carbocycles. The zero-order valence-corrected chi connectivity index (χ0v) is 78.0. The summed E-state index contributed by atoms with van der Waals surface area (Å²) in [4.78, 5) is 87.4. The van der Waals surface area contributed by atoms with Crippen molar-refractivity contribution < 1.29 is 93.6 Å². The Bertz CT molecular complexity index is 4560. The van der Waals surface area contributed by atoms with Gasteiger partial charge in [-0.05, 0) is 406 Å². The number of fused-ring (bicyclic) bond motifs is 20. The molecule has 29 nitrogen and oxygen atoms in total. The summed E-state index contributed by atoms with van der Waals surface area (Å²) in [5.41, 5.74) is 4.05. The molecule has 16 aliphatic rings. The summed E-state index contributed by atoms with van der Waals surface area (Å²) in [6, 6.07) is 1.98. The van der Waals surface area contributed by atoms with Crippen molar-refractivity contribution in [2.75, 3.05) is 6.61 Å². The smallest absolute Gasteiger partial charge is 0.870 e. The molecule has 0 bridgehead atoms. The molecule has 1 amide bonds. The van der Waals surface area contributed by atoms with Gasteiger partial charge in [-0.25, -0.2) is 28.3 Å². The number of esters is 1. The normalized spacial score (nSPS) is 41.3. The van der Waals surface area contributed by atoms with E-state index in [2.05, 4.69) is 68.9 Å². The number of nitrogens with zero attached hydrogens (tertiary/aromatic N) is 13. The minimum Gasteiger partial charge on any atom is -0.870 e. The quantitative estimate of drug-likeness (QED) is 0.0448. The minimum atomic E-state index is -1.12. The van der Waals surface area contributed by atoms with Crippen molar-refractivity contribution in [3.05, 3.63) is 47.6 Å². The molecule has 0 aliphatic heterocycles. The average Bonchev–Trinajstić information content (AvgIpc) is 1.57. The molecule has 16 fully saturated rings. The van der Waals surface area contributed by atoms with Crippen LogP contribution in [0.1, 0.15) is 368 Å². The minimum absolute atomic E-state index is 0. The van der Waals surface area contributed by atoms with E-state index in [1.807, 2.05) is 33.8 Å². The fraction of sp³-hybridized carbons (Fsp3) is 0.845. The van der Waals surface area contributed by atoms with Gasteiger partial charge >= 0.3 is 30.8 Å². The number of aliphatic hydroxyl groups is 4. The number of nitriles is 1. The maximum atomic E-state index is 13.4. The molecule has 0 spiro atoms. The van der Waals surface area contributed by atoms with Crippen LogP contribution >= 0.6 is 0 Å². The van der Waals surface area contributed by atoms with Crippen molar-refractivity contribution >= 4 is 41.0 Å². The molecule has 30 heteroatoms. The van der Waals surface area contributed by atoms with E-state index in [9.17, 15) is 54.0 Å². The van der Waals surface area contributed by atoms with E-state index in [1.54, 1.807) is 13.1 Å². The van der Waals surface area contributed by atoms with Crippen molar-refractivity contribution in [2.45, 2.75) is 379 Å². The maximum absolute atomic E-state index is 13.4. The SMILES string of the molecule is C.C.C.C.C.CCOC(=O)c1cn(CC(=O)[C@H]2CC[C@H]3[C@@H]4CC[C@@H]5C[C@](C)(O)CC[C@@H]5[C@H]4CC[C@]23C)nn1.C[C@@]1(O)CC[C@H]2[C@H](CC[C@@H]3[C@@H]2CC[C@]2(C)[C@@H](C(=O)Cn4cc(C#N)nn4)CC[C@@H]32)C1.C[C@@]1(O)CC[C@H]2[C@H](CC[C@@H]3[C@@H]2CC[C@]2(C)[C@@H](C(=O)Cn4cc(C(=O)O)nn4)CC[C@@H]32)C1.C[C@@]1(O)CC[C@H]2[C@H](CC[C@@H]3[C@@H]2CC[C@]2(C)[C@@H](C(=O)Cn4cc(C(N)=O)nn4)CC[C@@H]32)C1.O.[Li+].[OH-]. The van der Waals surface area contributed by atoms with Crippen molar-refractivity contribution in [3.63, 3.8) is 0 Å². The standard InChI is InChI=1S/C26H39N3O4.C24H36N4O3.C24H34N4O2.C24H35N3O4.5CH4.Li.2H2O/c1-4-33-24(31)22-14-29(28-27-22)15-23(30)21-8-7-20-19-6-5-16-13-25(2,32)11-9-17(16)18(19)10-12-26(20,21)3;1-23(31)9-7-15-14(11-23)3-4-17-16(15)8-10-24(2)18(17)5-6-19(24)21(29)13-28-12-20(22(25)30)26-27-28;1-23(30)9-7-17-15(11-23)3-4-19-18(17)8-10-24(2)20(19)5-6-21(24)22(29)14-28-13-16(12-25)26-27-28;1-23(31)9-7-15-14(11-23)3-4-17-16(15)8-10-24(2)18(17)5-6-19(24)21(28)13-27-12-20(22(29)30)25-26-27;;;;;;;;/h14,16-21,32H,4-13,15H2,1-3H3;12,14-19,31H,3-11,13H2,1-2H3,(H2,25,30);13,15,17-21,30H,3-11,14H2,1-2H3;12,14-19,31H,3-11,13H2,1-2H3,(H,29,30);5*1H4;;2*1H2/q;;;;;;;;;+1;;/p-1/t16-,17+,18-,19-,20+,21-,25-,26+;14-,15+,16-,17-,18+,19-,23-,24+;15-,17+,18-,19-,20+,21-,23-,24+;14-,15+,16-,17-,18+,19-,23-,24+;;;;;;;;/m1111......../s1. The van der Waals surface area contributed by atoms with Crippen molar-refractivity contribution in [2.24, 2.45) is 169 Å². The molecular formula is C103H167LiN14O15. The van der Waals surface area contributed by atoms with Crippen LogP contribution in [0.4, 0.5) is 0 Å². The number of ether oxygens (including phenoxy) is 1. The van der Waals surface area contributed by atoms with Crippen molar-refractivity contribution in [1.29, 1.82) is 5.26 Å². The van der Waals surface area contributed by atoms with Gasteiger partial charge in [-0.15, -0.1) is 20.4 Å². The number of carbonyl (C=O) groups is 7. The van der Waals surface area contributed by atoms with E-state index >= 15 is 0 Å². The molecule has 0 saturated heterocycles. The molecular weight excluding hydrogens is 1680 g/mol. The zero-order chi connectivity index (χ0) is 88.4. The number of carbonyl (C=O) groups excluding carboxylic acids is 6. The second-order valence-corrected chi connectivity index (χ2v) is 46.0. The number of aromatic carboxylic acids is 1. The first-order chi connectivity index (χ1) is 59.4. The zero-order valence-electron chi connectivity index (χ0n) is 78.0. The summed E-state index contributed by atoms with van der Waals surface area (Å²) in [6.45, 7) is 20.2. The third-order valence-corrected chi connectivity index (χ3v) is 39.0. The van der Waals surface area contributed by atoms with Gasteiger partial charge in [0, 0.05) is 23.7 Å². The number of carboxylic acids is 1. The Morgan fingerprint density at radius 1 is 0.376 bits per heavy atom. The van der Waals surface area contributed by atoms with Crippen LogP contribution in [0.5, 0.6) is 0 Å². The van der Waals surface area contributed by atoms with Gasteiger partial charge in [0.2, 0.25) is 0 Å². The van der Waals surface area contributed by atoms with E-state index in [-0.39, 0.29) is 191 Å². The van der Waals surface area contributed by atoms with E-state index in [4.69, 9.17) is 20.8 Å². The molecule has 4 aromatic heterocycles. The first-order valence-electron chi connectivity index (χ1n) is 49.1. The number of hydrogen-bond acceptors (Lipinski definition) is 22. The molecule has 133 heavy (non-hydrogen) atoms. The molecule has 20 rings (SSSR count). The molecule has 16 saturated carbocycles. The summed E-state index contributed by atoms with van der Waals surface area (Å²) in [6.07, 6.45) is 46.0. The average molecular weight is 1850 g/mol. The van der Waals surface area contributed by atoms with Crippen LogP contribution in [-0.2, 0) is 50.1 Å². The number of aromatic nitrogens is 12. The predicted molar refractivity (Wildman–Crippen MR) is 500 cm³/mol. The predicted octanol–water partition coefficient (Wildman–Crippen LogP) is 13.5. The Labute approximate surface area is 804 Å². The number of amides is 1. The van der Waals surface area contributed by atoms with Gasteiger partial charge in [0.25, 0.3) is 5.91 Å². The molecule has 4 aromatic rings. The van der Waals surface area contributed by atoms with Crippen LogP contribution in [0.2, 0.25) is 0 Å². The van der Waals surface area contributed by atoms with E-state index in [0.717, 1.165) is 194 Å². The van der Waals surface area contributed by atoms with Gasteiger partial charge in [0.15, 0.2) is 45.9 Å². The third-order valence-electron chi connectivity index (χ3n) is 39.0.